The molecule has 1 aromatic carbocycles. The first-order valence-electron chi connectivity index (χ1n) is 5.66. The van der Waals surface area contributed by atoms with Crippen molar-refractivity contribution in [2.24, 2.45) is 0 Å². The highest BCUT2D eigenvalue weighted by atomic mass is 19.1. The third kappa shape index (κ3) is 2.93. The Kier molecular flexibility index (Phi) is 3.84. The van der Waals surface area contributed by atoms with Crippen molar-refractivity contribution in [3.05, 3.63) is 29.8 Å². The van der Waals surface area contributed by atoms with Crippen LogP contribution in [0.5, 0.6) is 6.01 Å². The van der Waals surface area contributed by atoms with Crippen LogP contribution in [-0.2, 0) is 0 Å². The third-order valence-electron chi connectivity index (χ3n) is 2.28. The number of nitrogens with one attached hydrogen (secondary N) is 1. The van der Waals surface area contributed by atoms with Gasteiger partial charge in [-0.3, -0.25) is 0 Å². The van der Waals surface area contributed by atoms with Gasteiger partial charge in [0.05, 0.1) is 12.2 Å². The first-order valence-corrected chi connectivity index (χ1v) is 5.66. The minimum atomic E-state index is -0.614. The van der Waals surface area contributed by atoms with E-state index in [0.717, 1.165) is 18.2 Å². The molecular formula is C12H12F2N4O. The van der Waals surface area contributed by atoms with Crippen LogP contribution in [0.4, 0.5) is 14.7 Å². The molecule has 0 unspecified atom stereocenters. The smallest absolute Gasteiger partial charge is 0.321 e. The monoisotopic (exact) mass is 266 g/mol. The molecule has 0 aliphatic carbocycles. The Labute approximate surface area is 108 Å². The minimum absolute atomic E-state index is 0.0137. The molecule has 2 aromatic rings. The second kappa shape index (κ2) is 5.55. The van der Waals surface area contributed by atoms with Crippen molar-refractivity contribution in [1.29, 1.82) is 0 Å². The Morgan fingerprint density at radius 3 is 2.68 bits per heavy atom. The summed E-state index contributed by atoms with van der Waals surface area (Å²) in [6.45, 7) is 2.13. The van der Waals surface area contributed by atoms with Crippen molar-refractivity contribution >= 4 is 5.95 Å². The second-order valence-electron chi connectivity index (χ2n) is 3.57. The van der Waals surface area contributed by atoms with Gasteiger partial charge in [-0.05, 0) is 25.1 Å². The van der Waals surface area contributed by atoms with Crippen LogP contribution in [0.2, 0.25) is 0 Å². The van der Waals surface area contributed by atoms with Gasteiger partial charge in [-0.2, -0.15) is 15.0 Å². The fourth-order valence-electron chi connectivity index (χ4n) is 1.45. The standard InChI is InChI=1S/C12H12F2N4O/c1-3-19-12-17-10(16-11(15-2)18-12)8-6-7(13)4-5-9(8)14/h4-6H,3H2,1-2H3,(H,15,16,17,18). The second-order valence-corrected chi connectivity index (χ2v) is 3.57. The van der Waals surface area contributed by atoms with Crippen LogP contribution >= 0.6 is 0 Å². The van der Waals surface area contributed by atoms with Gasteiger partial charge >= 0.3 is 6.01 Å². The predicted octanol–water partition coefficient (Wildman–Crippen LogP) is 2.26. The normalized spacial score (nSPS) is 10.3. The summed E-state index contributed by atoms with van der Waals surface area (Å²) in [6.07, 6.45) is 0. The van der Waals surface area contributed by atoms with E-state index in [2.05, 4.69) is 20.3 Å². The van der Waals surface area contributed by atoms with Crippen LogP contribution in [0, 0.1) is 11.6 Å². The lowest BCUT2D eigenvalue weighted by Crippen LogP contribution is -2.05. The molecule has 0 spiro atoms. The Balaban J connectivity index is 2.54. The quantitative estimate of drug-likeness (QED) is 0.919. The fourth-order valence-corrected chi connectivity index (χ4v) is 1.45. The van der Waals surface area contributed by atoms with Crippen LogP contribution in [-0.4, -0.2) is 28.6 Å². The number of halogens is 2. The molecule has 0 aliphatic heterocycles. The van der Waals surface area contributed by atoms with Crippen LogP contribution < -0.4 is 10.1 Å². The number of ether oxygens (including phenoxy) is 1. The number of anilines is 1. The SMILES string of the molecule is CCOc1nc(NC)nc(-c2cc(F)ccc2F)n1. The summed E-state index contributed by atoms with van der Waals surface area (Å²) >= 11 is 0. The maximum atomic E-state index is 13.7. The Bertz CT molecular complexity index is 592. The summed E-state index contributed by atoms with van der Waals surface area (Å²) in [5, 5.41) is 2.71. The molecule has 100 valence electrons. The van der Waals surface area contributed by atoms with Crippen molar-refractivity contribution in [1.82, 2.24) is 15.0 Å². The maximum absolute atomic E-state index is 13.7. The molecule has 0 saturated heterocycles. The molecule has 0 saturated carbocycles. The molecule has 2 rings (SSSR count). The maximum Gasteiger partial charge on any atom is 0.321 e. The van der Waals surface area contributed by atoms with E-state index in [1.165, 1.54) is 0 Å². The van der Waals surface area contributed by atoms with E-state index in [-0.39, 0.29) is 23.3 Å². The van der Waals surface area contributed by atoms with E-state index in [9.17, 15) is 8.78 Å². The molecule has 0 bridgehead atoms. The summed E-state index contributed by atoms with van der Waals surface area (Å²) in [6, 6.07) is 3.14. The van der Waals surface area contributed by atoms with Gasteiger partial charge < -0.3 is 10.1 Å². The zero-order valence-electron chi connectivity index (χ0n) is 10.4. The number of hydrogen-bond acceptors (Lipinski definition) is 5. The van der Waals surface area contributed by atoms with Crippen LogP contribution in [0.25, 0.3) is 11.4 Å². The molecule has 0 atom stereocenters. The number of hydrogen-bond donors (Lipinski definition) is 1. The topological polar surface area (TPSA) is 59.9 Å². The van der Waals surface area contributed by atoms with Gasteiger partial charge in [0.25, 0.3) is 0 Å². The van der Waals surface area contributed by atoms with E-state index in [1.807, 2.05) is 0 Å². The van der Waals surface area contributed by atoms with Crippen LogP contribution in [0.1, 0.15) is 6.92 Å². The van der Waals surface area contributed by atoms with Crippen LogP contribution in [0.15, 0.2) is 18.2 Å². The molecule has 1 aromatic heterocycles. The molecule has 0 aliphatic rings. The van der Waals surface area contributed by atoms with Crippen molar-refractivity contribution in [2.75, 3.05) is 19.0 Å². The number of aromatic nitrogens is 3. The average Bonchev–Trinajstić information content (AvgIpc) is 2.41. The highest BCUT2D eigenvalue weighted by Gasteiger charge is 2.13. The summed E-state index contributed by atoms with van der Waals surface area (Å²) in [7, 11) is 1.61. The predicted molar refractivity (Wildman–Crippen MR) is 65.9 cm³/mol. The summed E-state index contributed by atoms with van der Waals surface area (Å²) in [5.74, 6) is -0.949. The first-order chi connectivity index (χ1) is 9.13. The first kappa shape index (κ1) is 13.1. The summed E-state index contributed by atoms with van der Waals surface area (Å²) in [5.41, 5.74) is -0.0418. The van der Waals surface area contributed by atoms with E-state index in [0.29, 0.717) is 6.61 Å². The molecule has 0 radical (unpaired) electrons. The van der Waals surface area contributed by atoms with Crippen molar-refractivity contribution in [3.63, 3.8) is 0 Å². The van der Waals surface area contributed by atoms with Gasteiger partial charge in [0.1, 0.15) is 11.6 Å². The van der Waals surface area contributed by atoms with Gasteiger partial charge in [-0.25, -0.2) is 8.78 Å². The highest BCUT2D eigenvalue weighted by Crippen LogP contribution is 2.22. The van der Waals surface area contributed by atoms with Gasteiger partial charge in [0.2, 0.25) is 5.95 Å². The average molecular weight is 266 g/mol. The van der Waals surface area contributed by atoms with Crippen LogP contribution in [0.3, 0.4) is 0 Å². The van der Waals surface area contributed by atoms with Gasteiger partial charge in [-0.15, -0.1) is 0 Å². The van der Waals surface area contributed by atoms with Crippen molar-refractivity contribution in [2.45, 2.75) is 6.92 Å². The van der Waals surface area contributed by atoms with E-state index >= 15 is 0 Å². The van der Waals surface area contributed by atoms with Crippen molar-refractivity contribution in [3.8, 4) is 17.4 Å². The molecule has 5 nitrogen and oxygen atoms in total. The largest absolute Gasteiger partial charge is 0.464 e. The highest BCUT2D eigenvalue weighted by molar-refractivity contribution is 5.57. The Morgan fingerprint density at radius 1 is 1.21 bits per heavy atom. The van der Waals surface area contributed by atoms with Gasteiger partial charge in [0.15, 0.2) is 5.82 Å². The zero-order valence-corrected chi connectivity index (χ0v) is 10.4. The Morgan fingerprint density at radius 2 is 2.00 bits per heavy atom. The lowest BCUT2D eigenvalue weighted by Gasteiger charge is -2.07. The van der Waals surface area contributed by atoms with E-state index < -0.39 is 11.6 Å². The number of rotatable bonds is 4. The lowest BCUT2D eigenvalue weighted by atomic mass is 10.2. The molecule has 1 heterocycles. The van der Waals surface area contributed by atoms with Gasteiger partial charge in [0, 0.05) is 7.05 Å². The third-order valence-corrected chi connectivity index (χ3v) is 2.28. The molecule has 0 amide bonds. The van der Waals surface area contributed by atoms with Gasteiger partial charge in [-0.1, -0.05) is 0 Å². The summed E-state index contributed by atoms with van der Waals surface area (Å²) in [4.78, 5) is 11.9. The molecule has 0 fully saturated rings. The minimum Gasteiger partial charge on any atom is -0.464 e. The fraction of sp³-hybridized carbons (Fsp3) is 0.250. The summed E-state index contributed by atoms with van der Waals surface area (Å²) < 4.78 is 32.0. The zero-order chi connectivity index (χ0) is 13.8. The molecule has 7 heteroatoms. The Hall–Kier alpha value is -2.31. The molecule has 19 heavy (non-hydrogen) atoms. The number of nitrogens with zero attached hydrogens (tertiary/aromatic N) is 3. The molecule has 1 N–H and O–H groups in total. The van der Waals surface area contributed by atoms with Crippen molar-refractivity contribution < 1.29 is 13.5 Å². The van der Waals surface area contributed by atoms with E-state index in [1.54, 1.807) is 14.0 Å². The lowest BCUT2D eigenvalue weighted by molar-refractivity contribution is 0.312. The molecular weight excluding hydrogens is 254 g/mol. The number of benzene rings is 1. The van der Waals surface area contributed by atoms with E-state index in [4.69, 9.17) is 4.74 Å².